The maximum Gasteiger partial charge on any atom is 0.311 e. The van der Waals surface area contributed by atoms with Crippen LogP contribution in [-0.4, -0.2) is 167 Å². The van der Waals surface area contributed by atoms with Gasteiger partial charge in [0.05, 0.1) is 60.6 Å². The van der Waals surface area contributed by atoms with Gasteiger partial charge in [0.15, 0.2) is 23.9 Å². The molecule has 0 amide bonds. The minimum absolute atomic E-state index is 0.00194. The Hall–Kier alpha value is -6.15. The number of carbonyl (C=O) groups excluding carboxylic acids is 1. The summed E-state index contributed by atoms with van der Waals surface area (Å²) in [6.45, 7) is 4.99. The van der Waals surface area contributed by atoms with Gasteiger partial charge in [-0.15, -0.1) is 0 Å². The Balaban J connectivity index is 1.34. The number of carbonyl (C=O) groups is 1. The number of halogens is 4. The largest absolute Gasteiger partial charge is 0.420 e. The van der Waals surface area contributed by atoms with Crippen molar-refractivity contribution in [2.24, 2.45) is 0 Å². The summed E-state index contributed by atoms with van der Waals surface area (Å²) in [5.74, 6) is -10.9. The first kappa shape index (κ1) is 72.3. The Bertz CT molecular complexity index is 4310. The third kappa shape index (κ3) is 17.0. The summed E-state index contributed by atoms with van der Waals surface area (Å²) in [5.41, 5.74) is -0.585. The predicted octanol–water partition coefficient (Wildman–Crippen LogP) is 8.23. The number of fused-ring (bicyclic) bond motifs is 6. The van der Waals surface area contributed by atoms with Crippen LogP contribution >= 0.6 is 0 Å². The monoisotopic (exact) mass is 1380 g/mol. The molecule has 0 aliphatic carbocycles. The van der Waals surface area contributed by atoms with Gasteiger partial charge in [0.2, 0.25) is 23.1 Å². The maximum atomic E-state index is 14.4. The van der Waals surface area contributed by atoms with E-state index in [1.54, 1.807) is 53.7 Å². The number of ether oxygens (including phenoxy) is 6. The van der Waals surface area contributed by atoms with Crippen molar-refractivity contribution < 1.29 is 120 Å². The molecular weight excluding hydrogens is 1310 g/mol. The van der Waals surface area contributed by atoms with Gasteiger partial charge >= 0.3 is 5.97 Å². The normalized spacial score (nSPS) is 17.9. The van der Waals surface area contributed by atoms with E-state index in [-0.39, 0.29) is 124 Å². The number of esters is 1. The number of hydrogen-bond donors (Lipinski definition) is 5. The van der Waals surface area contributed by atoms with Crippen molar-refractivity contribution in [1.82, 2.24) is 0 Å². The van der Waals surface area contributed by atoms with E-state index in [2.05, 4.69) is 4.74 Å². The zero-order valence-electron chi connectivity index (χ0n) is 49.4. The molecule has 2 aliphatic rings. The first-order chi connectivity index (χ1) is 42.6. The van der Waals surface area contributed by atoms with E-state index in [0.29, 0.717) is 53.7 Å². The van der Waals surface area contributed by atoms with Crippen molar-refractivity contribution in [3.63, 3.8) is 0 Å². The topological polar surface area (TPSA) is 351 Å². The average Bonchev–Trinajstić information content (AvgIpc) is 1.59. The molecule has 91 heavy (non-hydrogen) atoms. The molecule has 0 aromatic heterocycles. The summed E-state index contributed by atoms with van der Waals surface area (Å²) in [6.07, 6.45) is 7.69. The standard InChI is InChI=1S/C58H66F4N2O22S5/c1-57(19-11-31-87(66,67)68)49(64(22-24-81-3)46-18-16-39-41(52(46)57)32-37(88(69,70)71)34-47(39)90(75,76)77)12-7-5-8-13-50-58(2,20-23-83-27-28-85-30-29-84-26-25-82-4)53-42-33-38(89(72,73)74)35-48(91(78,79)80)40(42)15-17-45(53)63(50)21-10-6-9-14-51(65)86-56-54(61)43(59)36-44(60)55(56)62/h5,7-8,12-13,15-18,32-36H,6,9-11,14,19-31H2,1-4H3,(H4-,66,67,68,69,70,71,72,73,74,75,76,77,78,79,80)/p+1. The van der Waals surface area contributed by atoms with Crippen LogP contribution in [0.5, 0.6) is 5.75 Å². The molecule has 2 aliphatic heterocycles. The first-order valence-corrected chi connectivity index (χ1v) is 35.3. The smallest absolute Gasteiger partial charge is 0.311 e. The highest BCUT2D eigenvalue weighted by atomic mass is 32.2. The third-order valence-electron chi connectivity index (χ3n) is 15.4. The van der Waals surface area contributed by atoms with Crippen molar-refractivity contribution in [2.75, 3.05) is 90.8 Å². The minimum atomic E-state index is -5.20. The van der Waals surface area contributed by atoms with Crippen LogP contribution in [-0.2, 0) is 89.9 Å². The fourth-order valence-electron chi connectivity index (χ4n) is 11.3. The number of methoxy groups -OCH3 is 2. The molecule has 0 radical (unpaired) electrons. The van der Waals surface area contributed by atoms with E-state index in [1.165, 1.54) is 38.5 Å². The van der Waals surface area contributed by atoms with E-state index in [4.69, 9.17) is 23.7 Å². The number of hydrogen-bond acceptors (Lipinski definition) is 18. The van der Waals surface area contributed by atoms with Crippen molar-refractivity contribution in [2.45, 2.75) is 89.2 Å². The summed E-state index contributed by atoms with van der Waals surface area (Å²) < 4.78 is 269. The van der Waals surface area contributed by atoms with E-state index in [9.17, 15) is 87.2 Å². The number of unbranched alkanes of at least 4 members (excludes halogenated alkanes) is 2. The van der Waals surface area contributed by atoms with Crippen molar-refractivity contribution in [3.8, 4) is 5.75 Å². The average molecular weight is 1380 g/mol. The van der Waals surface area contributed by atoms with Gasteiger partial charge in [-0.05, 0) is 105 Å². The molecule has 0 bridgehead atoms. The molecule has 0 saturated carbocycles. The Kier molecular flexibility index (Phi) is 23.4. The van der Waals surface area contributed by atoms with Gasteiger partial charge in [0.25, 0.3) is 50.6 Å². The van der Waals surface area contributed by atoms with Gasteiger partial charge in [0.1, 0.15) is 16.4 Å². The summed E-state index contributed by atoms with van der Waals surface area (Å²) >= 11 is 0. The molecule has 33 heteroatoms. The fourth-order valence-corrected chi connectivity index (χ4v) is 14.5. The molecule has 498 valence electrons. The van der Waals surface area contributed by atoms with Gasteiger partial charge < -0.3 is 33.3 Å². The molecule has 0 fully saturated rings. The minimum Gasteiger partial charge on any atom is -0.420 e. The molecule has 2 atom stereocenters. The second-order valence-electron chi connectivity index (χ2n) is 21.5. The Morgan fingerprint density at radius 2 is 1.11 bits per heavy atom. The van der Waals surface area contributed by atoms with E-state index in [0.717, 1.165) is 12.1 Å². The van der Waals surface area contributed by atoms with Gasteiger partial charge in [-0.3, -0.25) is 27.6 Å². The SMILES string of the molecule is COCCOCCOCCOCCC1(C)\C(=C/C=C/C=C/C2=[N+](CCOC)c3ccc4c(S(=O)(=O)O)cc(S(=O)(=O)O)cc4c3C2(C)CCCS(=O)(=O)O)N(CCCCCC(=O)Oc2c(F)c(F)cc(F)c2F)c2ccc3c(S(=O)(=O)O)cc(S(=O)(=O)O)cc3c21. The zero-order valence-corrected chi connectivity index (χ0v) is 53.5. The van der Waals surface area contributed by atoms with Crippen LogP contribution in [0.15, 0.2) is 110 Å². The molecule has 0 saturated heterocycles. The molecule has 5 aromatic rings. The lowest BCUT2D eigenvalue weighted by atomic mass is 9.74. The fraction of sp³-hybridized carbons (Fsp3) is 0.414. The maximum absolute atomic E-state index is 14.4. The second-order valence-corrected chi connectivity index (χ2v) is 28.7. The number of nitrogens with zero attached hydrogens (tertiary/aromatic N) is 2. The summed E-state index contributed by atoms with van der Waals surface area (Å²) in [6, 6.07) is 8.89. The van der Waals surface area contributed by atoms with Crippen molar-refractivity contribution >= 4 is 95.2 Å². The molecule has 2 heterocycles. The molecule has 5 N–H and O–H groups in total. The van der Waals surface area contributed by atoms with E-state index in [1.807, 2.05) is 0 Å². The van der Waals surface area contributed by atoms with Crippen LogP contribution in [0.3, 0.4) is 0 Å². The Morgan fingerprint density at radius 1 is 0.571 bits per heavy atom. The molecule has 5 aromatic carbocycles. The van der Waals surface area contributed by atoms with E-state index < -0.39 is 128 Å². The van der Waals surface area contributed by atoms with Crippen LogP contribution in [0.2, 0.25) is 0 Å². The molecule has 2 unspecified atom stereocenters. The third-order valence-corrected chi connectivity index (χ3v) is 19.7. The zero-order chi connectivity index (χ0) is 67.1. The lowest BCUT2D eigenvalue weighted by Crippen LogP contribution is -2.32. The predicted molar refractivity (Wildman–Crippen MR) is 322 cm³/mol. The highest BCUT2D eigenvalue weighted by molar-refractivity contribution is 7.87. The summed E-state index contributed by atoms with van der Waals surface area (Å²) in [5, 5.41) is -0.400. The van der Waals surface area contributed by atoms with Crippen molar-refractivity contribution in [3.05, 3.63) is 125 Å². The number of rotatable bonds is 33. The number of benzene rings is 5. The lowest BCUT2D eigenvalue weighted by molar-refractivity contribution is -0.441. The molecule has 7 rings (SSSR count). The Morgan fingerprint density at radius 3 is 1.65 bits per heavy atom. The van der Waals surface area contributed by atoms with E-state index >= 15 is 0 Å². The number of allylic oxidation sites excluding steroid dienone is 6. The van der Waals surface area contributed by atoms with Gasteiger partial charge in [-0.1, -0.05) is 30.7 Å². The molecule has 0 spiro atoms. The van der Waals surface area contributed by atoms with Gasteiger partial charge in [0, 0.05) is 85.1 Å². The number of anilines is 1. The van der Waals surface area contributed by atoms with Crippen LogP contribution in [0, 0.1) is 23.3 Å². The highest BCUT2D eigenvalue weighted by Crippen LogP contribution is 2.54. The van der Waals surface area contributed by atoms with Gasteiger partial charge in [-0.25, -0.2) is 8.78 Å². The van der Waals surface area contributed by atoms with Crippen LogP contribution in [0.1, 0.15) is 69.9 Å². The lowest BCUT2D eigenvalue weighted by Gasteiger charge is -2.31. The van der Waals surface area contributed by atoms with Crippen LogP contribution in [0.25, 0.3) is 21.5 Å². The first-order valence-electron chi connectivity index (χ1n) is 27.9. The Labute approximate surface area is 523 Å². The summed E-state index contributed by atoms with van der Waals surface area (Å²) in [7, 11) is -22.3. The van der Waals surface area contributed by atoms with Crippen LogP contribution in [0.4, 0.5) is 28.9 Å². The van der Waals surface area contributed by atoms with Crippen molar-refractivity contribution in [1.29, 1.82) is 0 Å². The summed E-state index contributed by atoms with van der Waals surface area (Å²) in [4.78, 5) is 11.1. The van der Waals surface area contributed by atoms with Crippen LogP contribution < -0.4 is 9.64 Å². The quantitative estimate of drug-likeness (QED) is 0.00386. The highest BCUT2D eigenvalue weighted by Gasteiger charge is 2.50. The molecular formula is C58H67F4N2O22S5+. The van der Waals surface area contributed by atoms with Gasteiger partial charge in [-0.2, -0.15) is 55.4 Å². The molecule has 24 nitrogen and oxygen atoms in total. The second kappa shape index (κ2) is 29.4.